The van der Waals surface area contributed by atoms with Crippen LogP contribution in [0.4, 0.5) is 5.69 Å². The molecular weight excluding hydrogens is 368 g/mol. The maximum atomic E-state index is 9.23. The number of furan rings is 1. The summed E-state index contributed by atoms with van der Waals surface area (Å²) in [6.07, 6.45) is -2.06. The summed E-state index contributed by atoms with van der Waals surface area (Å²) in [7, 11) is 1.70. The number of rotatable bonds is 3. The molecule has 0 fully saturated rings. The molecule has 0 aliphatic rings. The third kappa shape index (κ3) is 2.99. The lowest BCUT2D eigenvalue weighted by Crippen LogP contribution is -2.36. The number of hydrogen-bond donors (Lipinski definition) is 0. The fourth-order valence-corrected chi connectivity index (χ4v) is 4.11. The fourth-order valence-electron chi connectivity index (χ4n) is 4.11. The highest BCUT2D eigenvalue weighted by molar-refractivity contribution is 6.14. The Morgan fingerprint density at radius 3 is 2.67 bits per heavy atom. The molecule has 0 amide bonds. The third-order valence-corrected chi connectivity index (χ3v) is 5.63. The second-order valence-corrected chi connectivity index (χ2v) is 8.12. The SMILES string of the molecule is [2H]c1c(C([2H])([2H])C(C)C)c(C([2H])([2H])[2H])c(C)[n+](C)c1-c1c(C)cc(C)c2c1oc1c([N+]#[C-])cccc12. The van der Waals surface area contributed by atoms with E-state index < -0.39 is 19.1 Å². The molecule has 30 heavy (non-hydrogen) atoms. The van der Waals surface area contributed by atoms with E-state index in [0.29, 0.717) is 33.8 Å². The van der Waals surface area contributed by atoms with Crippen molar-refractivity contribution in [1.29, 1.82) is 0 Å². The number of fused-ring (bicyclic) bond motifs is 3. The van der Waals surface area contributed by atoms with Crippen molar-refractivity contribution < 1.29 is 17.2 Å². The average Bonchev–Trinajstić information content (AvgIpc) is 3.16. The lowest BCUT2D eigenvalue weighted by molar-refractivity contribution is -0.667. The quantitative estimate of drug-likeness (QED) is 0.265. The minimum absolute atomic E-state index is 0.116. The minimum atomic E-state index is -2.60. The smallest absolute Gasteiger partial charge is 0.229 e. The summed E-state index contributed by atoms with van der Waals surface area (Å²) in [6.45, 7) is 13.8. The van der Waals surface area contributed by atoms with E-state index >= 15 is 0 Å². The van der Waals surface area contributed by atoms with Crippen molar-refractivity contribution in [1.82, 2.24) is 0 Å². The normalized spacial score (nSPS) is 15.4. The second-order valence-electron chi connectivity index (χ2n) is 8.12. The number of hydrogen-bond acceptors (Lipinski definition) is 1. The van der Waals surface area contributed by atoms with Crippen molar-refractivity contribution in [3.63, 3.8) is 0 Å². The molecule has 2 heterocycles. The van der Waals surface area contributed by atoms with E-state index in [2.05, 4.69) is 4.85 Å². The first-order valence-electron chi connectivity index (χ1n) is 13.0. The Hall–Kier alpha value is -3.12. The first kappa shape index (κ1) is 14.0. The fraction of sp³-hybridized carbons (Fsp3) is 0.333. The van der Waals surface area contributed by atoms with E-state index in [9.17, 15) is 1.37 Å². The van der Waals surface area contributed by atoms with Crippen LogP contribution in [0.5, 0.6) is 0 Å². The van der Waals surface area contributed by atoms with Gasteiger partial charge in [-0.1, -0.05) is 38.1 Å². The molecule has 3 nitrogen and oxygen atoms in total. The van der Waals surface area contributed by atoms with Crippen LogP contribution in [0.3, 0.4) is 0 Å². The number of pyridine rings is 1. The number of aromatic nitrogens is 1. The molecule has 0 atom stereocenters. The zero-order valence-corrected chi connectivity index (χ0v) is 18.2. The van der Waals surface area contributed by atoms with Crippen LogP contribution in [0.1, 0.15) is 50.0 Å². The lowest BCUT2D eigenvalue weighted by atomic mass is 9.92. The second kappa shape index (κ2) is 7.29. The molecule has 4 aromatic rings. The summed E-state index contributed by atoms with van der Waals surface area (Å²) >= 11 is 0. The molecule has 0 bridgehead atoms. The van der Waals surface area contributed by atoms with E-state index in [1.54, 1.807) is 38.5 Å². The van der Waals surface area contributed by atoms with Crippen molar-refractivity contribution >= 4 is 27.6 Å². The topological polar surface area (TPSA) is 21.4 Å². The molecule has 4 rings (SSSR count). The largest absolute Gasteiger partial charge is 0.466 e. The van der Waals surface area contributed by atoms with Gasteiger partial charge in [-0.15, -0.1) is 0 Å². The van der Waals surface area contributed by atoms with Crippen molar-refractivity contribution in [2.24, 2.45) is 13.0 Å². The molecular formula is C27H29N2O+. The third-order valence-electron chi connectivity index (χ3n) is 5.63. The zero-order valence-electron chi connectivity index (χ0n) is 24.2. The molecule has 3 heteroatoms. The molecule has 152 valence electrons. The Labute approximate surface area is 187 Å². The summed E-state index contributed by atoms with van der Waals surface area (Å²) < 4.78 is 59.4. The summed E-state index contributed by atoms with van der Waals surface area (Å²) in [5.41, 5.74) is 4.20. The lowest BCUT2D eigenvalue weighted by Gasteiger charge is -2.14. The maximum absolute atomic E-state index is 9.23. The predicted octanol–water partition coefficient (Wildman–Crippen LogP) is 7.06. The van der Waals surface area contributed by atoms with Crippen LogP contribution in [-0.2, 0) is 13.4 Å². The van der Waals surface area contributed by atoms with Gasteiger partial charge < -0.3 is 4.42 Å². The average molecular weight is 404 g/mol. The zero-order chi connectivity index (χ0) is 26.9. The van der Waals surface area contributed by atoms with Gasteiger partial charge in [0, 0.05) is 36.2 Å². The molecule has 2 aromatic heterocycles. The first-order chi connectivity index (χ1) is 16.6. The molecule has 0 radical (unpaired) electrons. The summed E-state index contributed by atoms with van der Waals surface area (Å²) in [6, 6.07) is 7.21. The first-order valence-corrected chi connectivity index (χ1v) is 10.0. The Morgan fingerprint density at radius 2 is 2.00 bits per heavy atom. The monoisotopic (exact) mass is 403 g/mol. The molecule has 0 unspecified atom stereocenters. The van der Waals surface area contributed by atoms with Gasteiger partial charge in [0.1, 0.15) is 18.2 Å². The van der Waals surface area contributed by atoms with E-state index in [1.165, 1.54) is 0 Å². The number of benzene rings is 2. The van der Waals surface area contributed by atoms with E-state index in [4.69, 9.17) is 17.8 Å². The van der Waals surface area contributed by atoms with Crippen LogP contribution in [0.15, 0.2) is 34.7 Å². The molecule has 0 N–H and O–H groups in total. The minimum Gasteiger partial charge on any atom is -0.466 e. The number of nitrogens with zero attached hydrogens (tertiary/aromatic N) is 2. The molecule has 2 aromatic carbocycles. The molecule has 0 aliphatic heterocycles. The number of aryl methyl sites for hydroxylation is 2. The van der Waals surface area contributed by atoms with Gasteiger partial charge in [-0.3, -0.25) is 0 Å². The van der Waals surface area contributed by atoms with Gasteiger partial charge in [0.15, 0.2) is 5.69 Å². The van der Waals surface area contributed by atoms with E-state index in [1.807, 2.05) is 32.0 Å². The van der Waals surface area contributed by atoms with Gasteiger partial charge in [-0.05, 0) is 49.7 Å². The molecule has 0 spiro atoms. The molecule has 0 aliphatic carbocycles. The van der Waals surface area contributed by atoms with Gasteiger partial charge in [-0.25, -0.2) is 4.85 Å². The van der Waals surface area contributed by atoms with E-state index in [-0.39, 0.29) is 17.2 Å². The molecule has 0 saturated heterocycles. The highest BCUT2D eigenvalue weighted by atomic mass is 16.3. The van der Waals surface area contributed by atoms with Gasteiger partial charge in [0.25, 0.3) is 0 Å². The van der Waals surface area contributed by atoms with Crippen LogP contribution >= 0.6 is 0 Å². The van der Waals surface area contributed by atoms with Crippen molar-refractivity contribution in [2.75, 3.05) is 0 Å². The van der Waals surface area contributed by atoms with Gasteiger partial charge in [0.05, 0.1) is 13.5 Å². The Kier molecular flexibility index (Phi) is 3.40. The van der Waals surface area contributed by atoms with E-state index in [0.717, 1.165) is 21.9 Å². The van der Waals surface area contributed by atoms with Crippen LogP contribution in [0.2, 0.25) is 0 Å². The predicted molar refractivity (Wildman–Crippen MR) is 124 cm³/mol. The Balaban J connectivity index is 2.27. The summed E-state index contributed by atoms with van der Waals surface area (Å²) in [5, 5.41) is 1.61. The summed E-state index contributed by atoms with van der Waals surface area (Å²) in [5.74, 6) is -0.561. The van der Waals surface area contributed by atoms with Crippen molar-refractivity contribution in [2.45, 2.75) is 47.8 Å². The highest BCUT2D eigenvalue weighted by Gasteiger charge is 2.26. The molecule has 0 saturated carbocycles. The van der Waals surface area contributed by atoms with Gasteiger partial charge in [-0.2, -0.15) is 4.57 Å². The van der Waals surface area contributed by atoms with Crippen molar-refractivity contribution in [3.8, 4) is 11.3 Å². The van der Waals surface area contributed by atoms with Crippen LogP contribution in [0, 0.1) is 40.1 Å². The van der Waals surface area contributed by atoms with Gasteiger partial charge in [0.2, 0.25) is 11.4 Å². The van der Waals surface area contributed by atoms with Crippen LogP contribution < -0.4 is 4.57 Å². The maximum Gasteiger partial charge on any atom is 0.229 e. The highest BCUT2D eigenvalue weighted by Crippen LogP contribution is 2.42. The standard InChI is InChI=1S/C27H29N2O/c1-15(2)12-20-14-23(29(8)19(6)18(20)5)25-17(4)13-16(3)24-21-10-9-11-22(28-7)26(21)30-27(24)25/h9-11,13-15H,12H2,1-6,8H3/q+1/i5D3,12D2,14D. The number of para-hydroxylation sites is 1. The van der Waals surface area contributed by atoms with Gasteiger partial charge >= 0.3 is 0 Å². The van der Waals surface area contributed by atoms with Crippen LogP contribution in [0.25, 0.3) is 38.0 Å². The Bertz CT molecular complexity index is 1590. The summed E-state index contributed by atoms with van der Waals surface area (Å²) in [4.78, 5) is 3.60. The Morgan fingerprint density at radius 1 is 1.23 bits per heavy atom. The van der Waals surface area contributed by atoms with Crippen molar-refractivity contribution in [3.05, 3.63) is 69.7 Å². The van der Waals surface area contributed by atoms with Crippen LogP contribution in [-0.4, -0.2) is 0 Å².